The molecule has 7 rings (SSSR count). The molecular formula is C48H62N8O8. The molecule has 3 aliphatic heterocycles. The summed E-state index contributed by atoms with van der Waals surface area (Å²) in [6, 6.07) is 7.21. The number of aryl methyl sites for hydroxylation is 1. The molecule has 6 bridgehead atoms. The maximum atomic E-state index is 14.5. The molecule has 0 spiro atoms. The van der Waals surface area contributed by atoms with Crippen molar-refractivity contribution < 1.29 is 37.9 Å². The van der Waals surface area contributed by atoms with Gasteiger partial charge < -0.3 is 33.6 Å². The number of amides is 4. The fraction of sp³-hybridized carbons (Fsp3) is 0.521. The number of nitrogens with zero attached hydrogens (tertiary/aromatic N) is 6. The molecule has 1 unspecified atom stereocenters. The van der Waals surface area contributed by atoms with Gasteiger partial charge in [0.25, 0.3) is 5.91 Å². The van der Waals surface area contributed by atoms with E-state index in [1.807, 2.05) is 32.9 Å². The van der Waals surface area contributed by atoms with Crippen molar-refractivity contribution in [3.63, 3.8) is 0 Å². The third-order valence-electron chi connectivity index (χ3n) is 12.8. The minimum absolute atomic E-state index is 0.110. The van der Waals surface area contributed by atoms with Crippen LogP contribution in [0.1, 0.15) is 84.1 Å². The second-order valence-corrected chi connectivity index (χ2v) is 18.4. The number of rotatable bonds is 10. The molecule has 1 aromatic carbocycles. The lowest BCUT2D eigenvalue weighted by molar-refractivity contribution is -0.155. The standard InChI is InChI=1S/C48H62N8O8/c1-10-40(57)54-21-18-31(26-54)45(59)53(8)42(28(3)4)44(58)51-36-23-39-50-25-38(64-39)30-16-17-37-33(22-30)34(43(55(37)11-2)32-14-12-19-49-41(32)29(5)62-9)24-48(6,7)27-63-47(61)35-15-13-20-56(52-35)46(36)60/h10,12,14,16-17,19,22,25,28-29,31,35-36,42,52H,1,11,13,15,18,20-21,23-24,26-27H2,2-9H3,(H,51,58)/t29-,31-,35-,36-,42?/m0/s1. The van der Waals surface area contributed by atoms with Crippen molar-refractivity contribution in [1.29, 1.82) is 0 Å². The summed E-state index contributed by atoms with van der Waals surface area (Å²) in [5, 5.41) is 5.31. The van der Waals surface area contributed by atoms with Crippen LogP contribution in [0.3, 0.4) is 0 Å². The molecule has 16 heteroatoms. The van der Waals surface area contributed by atoms with Crippen LogP contribution in [0.25, 0.3) is 33.5 Å². The third kappa shape index (κ3) is 9.34. The Morgan fingerprint density at radius 2 is 1.91 bits per heavy atom. The van der Waals surface area contributed by atoms with E-state index >= 15 is 0 Å². The van der Waals surface area contributed by atoms with Gasteiger partial charge in [0.05, 0.1) is 42.6 Å². The minimum Gasteiger partial charge on any atom is -0.464 e. The average Bonchev–Trinajstić information content (AvgIpc) is 4.05. The Morgan fingerprint density at radius 1 is 1.12 bits per heavy atom. The van der Waals surface area contributed by atoms with Crippen LogP contribution in [0.4, 0.5) is 0 Å². The first-order chi connectivity index (χ1) is 30.5. The Hall–Kier alpha value is -5.87. The highest BCUT2D eigenvalue weighted by atomic mass is 16.5. The van der Waals surface area contributed by atoms with E-state index in [0.29, 0.717) is 44.5 Å². The molecule has 2 fully saturated rings. The van der Waals surface area contributed by atoms with Gasteiger partial charge in [0, 0.05) is 74.0 Å². The van der Waals surface area contributed by atoms with Crippen molar-refractivity contribution in [1.82, 2.24) is 40.1 Å². The molecule has 5 atom stereocenters. The molecule has 6 heterocycles. The van der Waals surface area contributed by atoms with Gasteiger partial charge in [-0.25, -0.2) is 10.4 Å². The summed E-state index contributed by atoms with van der Waals surface area (Å²) in [4.78, 5) is 81.3. The molecule has 64 heavy (non-hydrogen) atoms. The number of nitrogens with one attached hydrogen (secondary N) is 2. The maximum absolute atomic E-state index is 14.5. The van der Waals surface area contributed by atoms with Gasteiger partial charge >= 0.3 is 5.97 Å². The molecule has 4 amide bonds. The molecule has 0 aliphatic carbocycles. The third-order valence-corrected chi connectivity index (χ3v) is 12.8. The molecule has 342 valence electrons. The number of likely N-dealkylation sites (N-methyl/N-ethyl adjacent to an activating group) is 1. The molecular weight excluding hydrogens is 817 g/mol. The number of methoxy groups -OCH3 is 1. The fourth-order valence-corrected chi connectivity index (χ4v) is 9.46. The summed E-state index contributed by atoms with van der Waals surface area (Å²) in [7, 11) is 3.25. The van der Waals surface area contributed by atoms with Crippen LogP contribution in [0, 0.1) is 17.3 Å². The quantitative estimate of drug-likeness (QED) is 0.157. The summed E-state index contributed by atoms with van der Waals surface area (Å²) < 4.78 is 20.6. The normalized spacial score (nSPS) is 21.3. The molecule has 4 aromatic rings. The van der Waals surface area contributed by atoms with Crippen LogP contribution in [0.2, 0.25) is 0 Å². The van der Waals surface area contributed by atoms with Gasteiger partial charge in [-0.2, -0.15) is 0 Å². The number of esters is 1. The predicted molar refractivity (Wildman–Crippen MR) is 240 cm³/mol. The monoisotopic (exact) mass is 878 g/mol. The van der Waals surface area contributed by atoms with Crippen LogP contribution in [0.15, 0.2) is 59.8 Å². The van der Waals surface area contributed by atoms with Gasteiger partial charge in [-0.3, -0.25) is 34.0 Å². The van der Waals surface area contributed by atoms with E-state index in [2.05, 4.69) is 65.8 Å². The molecule has 2 saturated heterocycles. The lowest BCUT2D eigenvalue weighted by Gasteiger charge is -2.36. The summed E-state index contributed by atoms with van der Waals surface area (Å²) in [5.41, 5.74) is 8.18. The number of cyclic esters (lactones) is 1. The van der Waals surface area contributed by atoms with E-state index in [0.717, 1.165) is 39.0 Å². The second-order valence-electron chi connectivity index (χ2n) is 18.4. The molecule has 3 aliphatic rings. The zero-order valence-electron chi connectivity index (χ0n) is 38.3. The highest BCUT2D eigenvalue weighted by molar-refractivity contribution is 5.96. The van der Waals surface area contributed by atoms with Crippen LogP contribution in [-0.2, 0) is 52.8 Å². The van der Waals surface area contributed by atoms with Gasteiger partial charge in [0.1, 0.15) is 18.1 Å². The average molecular weight is 879 g/mol. The zero-order valence-corrected chi connectivity index (χ0v) is 38.3. The summed E-state index contributed by atoms with van der Waals surface area (Å²) >= 11 is 0. The van der Waals surface area contributed by atoms with E-state index in [9.17, 15) is 24.0 Å². The van der Waals surface area contributed by atoms with Crippen molar-refractivity contribution in [2.24, 2.45) is 17.3 Å². The Labute approximate surface area is 374 Å². The first-order valence-corrected chi connectivity index (χ1v) is 22.4. The topological polar surface area (TPSA) is 181 Å². The van der Waals surface area contributed by atoms with E-state index in [-0.39, 0.29) is 55.8 Å². The number of benzene rings is 1. The molecule has 2 N–H and O–H groups in total. The van der Waals surface area contributed by atoms with Gasteiger partial charge in [0.2, 0.25) is 17.7 Å². The van der Waals surface area contributed by atoms with Crippen LogP contribution in [0.5, 0.6) is 0 Å². The first-order valence-electron chi connectivity index (χ1n) is 22.4. The SMILES string of the molecule is C=CC(=O)N1CC[C@H](C(=O)N(C)C(C(=O)N[C@H]2Cc3ncc(o3)-c3ccc4c(c3)c(c(-c3cccnc3[C@H](C)OC)n4CC)CC(C)(C)COC(=O)[C@@H]3CCCN(N3)C2=O)C(C)C)C1. The minimum atomic E-state index is -1.19. The fourth-order valence-electron chi connectivity index (χ4n) is 9.46. The van der Waals surface area contributed by atoms with Crippen molar-refractivity contribution in [3.8, 4) is 22.6 Å². The van der Waals surface area contributed by atoms with Crippen molar-refractivity contribution in [3.05, 3.63) is 72.5 Å². The molecule has 0 saturated carbocycles. The van der Waals surface area contributed by atoms with Gasteiger partial charge in [-0.05, 0) is 87.4 Å². The Balaban J connectivity index is 1.27. The number of likely N-dealkylation sites (tertiary alicyclic amines) is 1. The van der Waals surface area contributed by atoms with Crippen LogP contribution < -0.4 is 10.7 Å². The zero-order chi connectivity index (χ0) is 46.0. The number of hydrogen-bond donors (Lipinski definition) is 2. The Bertz CT molecular complexity index is 2420. The molecule has 0 radical (unpaired) electrons. The largest absolute Gasteiger partial charge is 0.464 e. The van der Waals surface area contributed by atoms with Crippen LogP contribution >= 0.6 is 0 Å². The van der Waals surface area contributed by atoms with E-state index in [4.69, 9.17) is 18.9 Å². The second kappa shape index (κ2) is 19.1. The summed E-state index contributed by atoms with van der Waals surface area (Å²) in [6.45, 7) is 17.2. The first kappa shape index (κ1) is 46.1. The maximum Gasteiger partial charge on any atom is 0.324 e. The lowest BCUT2D eigenvalue weighted by atomic mass is 9.84. The van der Waals surface area contributed by atoms with Crippen molar-refractivity contribution in [2.75, 3.05) is 40.4 Å². The van der Waals surface area contributed by atoms with Crippen molar-refractivity contribution in [2.45, 2.75) is 104 Å². The smallest absolute Gasteiger partial charge is 0.324 e. The predicted octanol–water partition coefficient (Wildman–Crippen LogP) is 5.25. The van der Waals surface area contributed by atoms with E-state index in [1.54, 1.807) is 31.5 Å². The summed E-state index contributed by atoms with van der Waals surface area (Å²) in [5.74, 6) is -2.14. The number of pyridine rings is 1. The van der Waals surface area contributed by atoms with Gasteiger partial charge in [-0.15, -0.1) is 0 Å². The van der Waals surface area contributed by atoms with Gasteiger partial charge in [0.15, 0.2) is 11.7 Å². The molecule has 3 aromatic heterocycles. The number of hydrazine groups is 1. The lowest BCUT2D eigenvalue weighted by Crippen LogP contribution is -2.62. The van der Waals surface area contributed by atoms with E-state index in [1.165, 1.54) is 16.0 Å². The van der Waals surface area contributed by atoms with Crippen molar-refractivity contribution >= 4 is 40.5 Å². The number of hydrogen-bond acceptors (Lipinski definition) is 11. The number of carbonyl (C=O) groups excluding carboxylic acids is 5. The highest BCUT2D eigenvalue weighted by Gasteiger charge is 2.40. The number of fused-ring (bicyclic) bond motifs is 6. The van der Waals surface area contributed by atoms with E-state index < -0.39 is 47.2 Å². The van der Waals surface area contributed by atoms with Crippen LogP contribution in [-0.4, -0.2) is 117 Å². The number of carbonyl (C=O) groups is 5. The number of ether oxygens (including phenoxy) is 2. The number of aromatic nitrogens is 3. The summed E-state index contributed by atoms with van der Waals surface area (Å²) in [6.07, 6.45) is 6.22. The Kier molecular flexibility index (Phi) is 13.8. The molecule has 16 nitrogen and oxygen atoms in total. The van der Waals surface area contributed by atoms with Gasteiger partial charge in [-0.1, -0.05) is 34.3 Å². The number of oxazole rings is 1. The Morgan fingerprint density at radius 3 is 2.62 bits per heavy atom. The highest BCUT2D eigenvalue weighted by Crippen LogP contribution is 2.42.